The number of aliphatic imine (C=N–C) groups is 1. The second-order valence-corrected chi connectivity index (χ2v) is 5.57. The molecule has 0 aliphatic carbocycles. The quantitative estimate of drug-likeness (QED) is 0.826. The first-order valence-electron chi connectivity index (χ1n) is 7.33. The molecular weight excluding hydrogens is 248 g/mol. The zero-order chi connectivity index (χ0) is 14.1. The van der Waals surface area contributed by atoms with Crippen molar-refractivity contribution in [2.24, 2.45) is 4.99 Å². The predicted molar refractivity (Wildman–Crippen MR) is 82.1 cm³/mol. The van der Waals surface area contributed by atoms with Crippen molar-refractivity contribution in [1.29, 1.82) is 0 Å². The molecule has 20 heavy (non-hydrogen) atoms. The SMILES string of the molecule is CCCC1=CN=C(C2Cc3ccccc3N2C(C)=O)C1. The fourth-order valence-electron chi connectivity index (χ4n) is 3.22. The first kappa shape index (κ1) is 13.1. The smallest absolute Gasteiger partial charge is 0.224 e. The molecule has 0 saturated heterocycles. The lowest BCUT2D eigenvalue weighted by Gasteiger charge is -2.24. The molecule has 0 radical (unpaired) electrons. The highest BCUT2D eigenvalue weighted by Gasteiger charge is 2.35. The van der Waals surface area contributed by atoms with E-state index in [0.717, 1.165) is 37.1 Å². The number of amides is 1. The maximum Gasteiger partial charge on any atom is 0.224 e. The average Bonchev–Trinajstić information content (AvgIpc) is 3.02. The molecule has 0 N–H and O–H groups in total. The molecule has 3 rings (SSSR count). The monoisotopic (exact) mass is 268 g/mol. The average molecular weight is 268 g/mol. The number of hydrogen-bond donors (Lipinski definition) is 0. The zero-order valence-electron chi connectivity index (χ0n) is 12.1. The van der Waals surface area contributed by atoms with Crippen LogP contribution in [0.5, 0.6) is 0 Å². The molecule has 1 unspecified atom stereocenters. The van der Waals surface area contributed by atoms with Crippen molar-refractivity contribution in [2.45, 2.75) is 45.6 Å². The van der Waals surface area contributed by atoms with Gasteiger partial charge in [-0.1, -0.05) is 31.5 Å². The van der Waals surface area contributed by atoms with Crippen molar-refractivity contribution in [3.8, 4) is 0 Å². The molecule has 1 aromatic rings. The Balaban J connectivity index is 1.84. The summed E-state index contributed by atoms with van der Waals surface area (Å²) in [6.07, 6.45) is 6.07. The molecule has 3 heteroatoms. The molecular formula is C17H20N2O. The molecule has 2 heterocycles. The summed E-state index contributed by atoms with van der Waals surface area (Å²) in [5, 5.41) is 0. The highest BCUT2D eigenvalue weighted by Crippen LogP contribution is 2.35. The molecule has 0 spiro atoms. The van der Waals surface area contributed by atoms with Crippen molar-refractivity contribution in [2.75, 3.05) is 4.90 Å². The largest absolute Gasteiger partial charge is 0.303 e. The Morgan fingerprint density at radius 2 is 2.20 bits per heavy atom. The number of rotatable bonds is 3. The number of fused-ring (bicyclic) bond motifs is 1. The first-order chi connectivity index (χ1) is 9.70. The number of allylic oxidation sites excluding steroid dienone is 1. The highest BCUT2D eigenvalue weighted by atomic mass is 16.2. The van der Waals surface area contributed by atoms with Crippen LogP contribution in [0, 0.1) is 0 Å². The van der Waals surface area contributed by atoms with Crippen LogP contribution in [0.1, 0.15) is 38.7 Å². The second-order valence-electron chi connectivity index (χ2n) is 5.57. The maximum atomic E-state index is 12.0. The molecule has 1 atom stereocenters. The van der Waals surface area contributed by atoms with Gasteiger partial charge in [-0.3, -0.25) is 9.79 Å². The summed E-state index contributed by atoms with van der Waals surface area (Å²) >= 11 is 0. The van der Waals surface area contributed by atoms with Crippen LogP contribution in [0.4, 0.5) is 5.69 Å². The van der Waals surface area contributed by atoms with Gasteiger partial charge in [-0.05, 0) is 23.6 Å². The van der Waals surface area contributed by atoms with Crippen LogP contribution in [-0.2, 0) is 11.2 Å². The van der Waals surface area contributed by atoms with Crippen LogP contribution in [-0.4, -0.2) is 17.7 Å². The van der Waals surface area contributed by atoms with Crippen LogP contribution in [0.25, 0.3) is 0 Å². The second kappa shape index (κ2) is 5.23. The molecule has 0 saturated carbocycles. The zero-order valence-corrected chi connectivity index (χ0v) is 12.1. The van der Waals surface area contributed by atoms with E-state index in [0.29, 0.717) is 0 Å². The first-order valence-corrected chi connectivity index (χ1v) is 7.33. The van der Waals surface area contributed by atoms with Gasteiger partial charge in [-0.25, -0.2) is 0 Å². The van der Waals surface area contributed by atoms with Crippen molar-refractivity contribution in [1.82, 2.24) is 0 Å². The third-order valence-electron chi connectivity index (χ3n) is 4.09. The Morgan fingerprint density at radius 1 is 1.40 bits per heavy atom. The fraction of sp³-hybridized carbons (Fsp3) is 0.412. The molecule has 0 fully saturated rings. The molecule has 1 aromatic carbocycles. The number of carbonyl (C=O) groups is 1. The lowest BCUT2D eigenvalue weighted by molar-refractivity contribution is -0.116. The van der Waals surface area contributed by atoms with Crippen LogP contribution in [0.3, 0.4) is 0 Å². The van der Waals surface area contributed by atoms with Crippen LogP contribution in [0.2, 0.25) is 0 Å². The molecule has 0 aromatic heterocycles. The Labute approximate surface area is 120 Å². The third-order valence-corrected chi connectivity index (χ3v) is 4.09. The van der Waals surface area contributed by atoms with E-state index in [1.54, 1.807) is 6.92 Å². The van der Waals surface area contributed by atoms with E-state index in [-0.39, 0.29) is 11.9 Å². The minimum Gasteiger partial charge on any atom is -0.303 e. The van der Waals surface area contributed by atoms with Crippen LogP contribution in [0.15, 0.2) is 41.0 Å². The minimum atomic E-state index is 0.103. The number of hydrogen-bond acceptors (Lipinski definition) is 2. The standard InChI is InChI=1S/C17H20N2O/c1-3-6-13-9-15(18-11-13)17-10-14-7-4-5-8-16(14)19(17)12(2)20/h4-5,7-8,11,17H,3,6,9-10H2,1-2H3. The molecule has 3 nitrogen and oxygen atoms in total. The number of nitrogens with zero attached hydrogens (tertiary/aromatic N) is 2. The molecule has 0 bridgehead atoms. The maximum absolute atomic E-state index is 12.0. The van der Waals surface area contributed by atoms with E-state index >= 15 is 0 Å². The Bertz CT molecular complexity index is 601. The Hall–Kier alpha value is -1.90. The third kappa shape index (κ3) is 2.17. The van der Waals surface area contributed by atoms with E-state index in [9.17, 15) is 4.79 Å². The summed E-state index contributed by atoms with van der Waals surface area (Å²) in [7, 11) is 0. The van der Waals surface area contributed by atoms with E-state index in [1.807, 2.05) is 29.3 Å². The van der Waals surface area contributed by atoms with Gasteiger partial charge in [0.25, 0.3) is 0 Å². The van der Waals surface area contributed by atoms with Gasteiger partial charge in [0.05, 0.1) is 6.04 Å². The van der Waals surface area contributed by atoms with E-state index in [4.69, 9.17) is 0 Å². The Morgan fingerprint density at radius 3 is 2.95 bits per heavy atom. The van der Waals surface area contributed by atoms with Gasteiger partial charge in [-0.15, -0.1) is 0 Å². The van der Waals surface area contributed by atoms with Crippen LogP contribution >= 0.6 is 0 Å². The Kier molecular flexibility index (Phi) is 3.43. The van der Waals surface area contributed by atoms with Gasteiger partial charge in [0.15, 0.2) is 0 Å². The summed E-state index contributed by atoms with van der Waals surface area (Å²) < 4.78 is 0. The molecule has 2 aliphatic rings. The number of anilines is 1. The number of para-hydroxylation sites is 1. The van der Waals surface area contributed by atoms with E-state index in [1.165, 1.54) is 11.1 Å². The summed E-state index contributed by atoms with van der Waals surface area (Å²) in [5.74, 6) is 0.103. The fourth-order valence-corrected chi connectivity index (χ4v) is 3.22. The molecule has 1 amide bonds. The van der Waals surface area contributed by atoms with Crippen molar-refractivity contribution >= 4 is 17.3 Å². The summed E-state index contributed by atoms with van der Waals surface area (Å²) in [5.41, 5.74) is 4.83. The summed E-state index contributed by atoms with van der Waals surface area (Å²) in [4.78, 5) is 18.5. The van der Waals surface area contributed by atoms with Crippen molar-refractivity contribution in [3.63, 3.8) is 0 Å². The summed E-state index contributed by atoms with van der Waals surface area (Å²) in [6.45, 7) is 3.83. The van der Waals surface area contributed by atoms with Crippen molar-refractivity contribution < 1.29 is 4.79 Å². The van der Waals surface area contributed by atoms with Crippen LogP contribution < -0.4 is 4.90 Å². The van der Waals surface area contributed by atoms with Gasteiger partial charge in [0.2, 0.25) is 5.91 Å². The highest BCUT2D eigenvalue weighted by molar-refractivity contribution is 6.06. The molecule has 104 valence electrons. The van der Waals surface area contributed by atoms with Gasteiger partial charge in [0, 0.05) is 37.4 Å². The van der Waals surface area contributed by atoms with Gasteiger partial charge in [0.1, 0.15) is 0 Å². The lowest BCUT2D eigenvalue weighted by Crippen LogP contribution is -2.41. The van der Waals surface area contributed by atoms with E-state index in [2.05, 4.69) is 18.0 Å². The van der Waals surface area contributed by atoms with Gasteiger partial charge < -0.3 is 4.90 Å². The molecule has 2 aliphatic heterocycles. The topological polar surface area (TPSA) is 32.7 Å². The minimum absolute atomic E-state index is 0.103. The summed E-state index contributed by atoms with van der Waals surface area (Å²) in [6, 6.07) is 8.29. The predicted octanol–water partition coefficient (Wildman–Crippen LogP) is 3.49. The van der Waals surface area contributed by atoms with Gasteiger partial charge in [-0.2, -0.15) is 0 Å². The number of benzene rings is 1. The lowest BCUT2D eigenvalue weighted by atomic mass is 10.00. The van der Waals surface area contributed by atoms with E-state index < -0.39 is 0 Å². The van der Waals surface area contributed by atoms with Gasteiger partial charge >= 0.3 is 0 Å². The van der Waals surface area contributed by atoms with Crippen molar-refractivity contribution in [3.05, 3.63) is 41.6 Å². The normalized spacial score (nSPS) is 20.7. The number of carbonyl (C=O) groups excluding carboxylic acids is 1.